The number of fused-ring (bicyclic) bond motifs is 4. The van der Waals surface area contributed by atoms with Crippen LogP contribution in [0.1, 0.15) is 30.1 Å². The summed E-state index contributed by atoms with van der Waals surface area (Å²) < 4.78 is 6.09. The van der Waals surface area contributed by atoms with E-state index >= 15 is 0 Å². The molecule has 2 bridgehead atoms. The van der Waals surface area contributed by atoms with Crippen LogP contribution in [0.15, 0.2) is 24.3 Å². The molecule has 0 spiro atoms. The Morgan fingerprint density at radius 1 is 1.25 bits per heavy atom. The van der Waals surface area contributed by atoms with Crippen LogP contribution in [-0.2, 0) is 11.2 Å². The summed E-state index contributed by atoms with van der Waals surface area (Å²) in [5, 5.41) is 3.38. The fourth-order valence-electron chi connectivity index (χ4n) is 2.87. The molecule has 1 N–H and O–H groups in total. The Labute approximate surface area is 103 Å². The van der Waals surface area contributed by atoms with E-state index in [9.17, 15) is 0 Å². The van der Waals surface area contributed by atoms with Crippen LogP contribution in [0.5, 0.6) is 0 Å². The van der Waals surface area contributed by atoms with Crippen molar-refractivity contribution in [3.8, 4) is 0 Å². The minimum atomic E-state index is 0. The largest absolute Gasteiger partial charge is 0.368 e. The van der Waals surface area contributed by atoms with Gasteiger partial charge < -0.3 is 10.1 Å². The highest BCUT2D eigenvalue weighted by atomic mass is 35.5. The summed E-state index contributed by atoms with van der Waals surface area (Å²) >= 11 is 0. The minimum absolute atomic E-state index is 0. The number of benzene rings is 1. The molecule has 3 heteroatoms. The second-order valence-electron chi connectivity index (χ2n) is 4.55. The molecule has 88 valence electrons. The first-order chi connectivity index (χ1) is 7.38. The highest BCUT2D eigenvalue weighted by Crippen LogP contribution is 2.39. The molecule has 0 amide bonds. The van der Waals surface area contributed by atoms with E-state index in [1.165, 1.54) is 24.0 Å². The fourth-order valence-corrected chi connectivity index (χ4v) is 2.87. The summed E-state index contributed by atoms with van der Waals surface area (Å²) in [6.45, 7) is 0. The van der Waals surface area contributed by atoms with Crippen molar-refractivity contribution in [1.29, 1.82) is 0 Å². The zero-order chi connectivity index (χ0) is 10.3. The van der Waals surface area contributed by atoms with E-state index in [1.807, 2.05) is 7.05 Å². The van der Waals surface area contributed by atoms with E-state index in [0.29, 0.717) is 12.1 Å². The maximum Gasteiger partial charge on any atom is 0.0984 e. The third-order valence-electron chi connectivity index (χ3n) is 3.68. The highest BCUT2D eigenvalue weighted by Gasteiger charge is 2.36. The number of halogens is 1. The molecular formula is C13H18ClNO. The van der Waals surface area contributed by atoms with Gasteiger partial charge in [-0.3, -0.25) is 0 Å². The Morgan fingerprint density at radius 3 is 2.88 bits per heavy atom. The van der Waals surface area contributed by atoms with Gasteiger partial charge in [-0.1, -0.05) is 24.3 Å². The first kappa shape index (κ1) is 11.9. The topological polar surface area (TPSA) is 21.3 Å². The van der Waals surface area contributed by atoms with Crippen molar-refractivity contribution in [3.63, 3.8) is 0 Å². The van der Waals surface area contributed by atoms with Crippen molar-refractivity contribution >= 4 is 12.4 Å². The Hall–Kier alpha value is -0.570. The SMILES string of the molecule is CN[C@H]1CC[C@H]2Cc3ccccc3[C@@H]1O2.Cl. The molecule has 2 heterocycles. The molecule has 2 aliphatic heterocycles. The van der Waals surface area contributed by atoms with Crippen LogP contribution in [0, 0.1) is 0 Å². The van der Waals surface area contributed by atoms with Crippen LogP contribution >= 0.6 is 12.4 Å². The molecule has 0 unspecified atom stereocenters. The van der Waals surface area contributed by atoms with Gasteiger partial charge in [-0.2, -0.15) is 0 Å². The van der Waals surface area contributed by atoms with E-state index in [-0.39, 0.29) is 18.5 Å². The highest BCUT2D eigenvalue weighted by molar-refractivity contribution is 5.85. The third kappa shape index (κ3) is 1.86. The molecule has 2 aliphatic rings. The second kappa shape index (κ2) is 4.74. The van der Waals surface area contributed by atoms with Crippen LogP contribution in [0.25, 0.3) is 0 Å². The summed E-state index contributed by atoms with van der Waals surface area (Å²) in [5.41, 5.74) is 2.88. The molecule has 1 fully saturated rings. The molecule has 0 aromatic heterocycles. The Balaban J connectivity index is 0.000000963. The number of hydrogen-bond donors (Lipinski definition) is 1. The molecule has 3 atom stereocenters. The first-order valence-electron chi connectivity index (χ1n) is 5.79. The van der Waals surface area contributed by atoms with Crippen LogP contribution in [0.2, 0.25) is 0 Å². The number of hydrogen-bond acceptors (Lipinski definition) is 2. The van der Waals surface area contributed by atoms with Crippen molar-refractivity contribution in [3.05, 3.63) is 35.4 Å². The molecule has 0 aliphatic carbocycles. The molecule has 16 heavy (non-hydrogen) atoms. The van der Waals surface area contributed by atoms with Gasteiger partial charge in [-0.15, -0.1) is 12.4 Å². The van der Waals surface area contributed by atoms with E-state index in [0.717, 1.165) is 6.42 Å². The number of rotatable bonds is 1. The predicted molar refractivity (Wildman–Crippen MR) is 67.1 cm³/mol. The number of nitrogens with one attached hydrogen (secondary N) is 1. The van der Waals surface area contributed by atoms with Crippen LogP contribution in [-0.4, -0.2) is 19.2 Å². The molecule has 1 aromatic carbocycles. The molecule has 0 saturated carbocycles. The minimum Gasteiger partial charge on any atom is -0.368 e. The fraction of sp³-hybridized carbons (Fsp3) is 0.538. The normalized spacial score (nSPS) is 31.4. The standard InChI is InChI=1S/C13H17NO.ClH/c1-14-12-7-6-10-8-9-4-2-3-5-11(9)13(12)15-10;/h2-5,10,12-14H,6-8H2,1H3;1H/t10-,12-,13-;/m0./s1. The van der Waals surface area contributed by atoms with Crippen molar-refractivity contribution in [1.82, 2.24) is 5.32 Å². The third-order valence-corrected chi connectivity index (χ3v) is 3.68. The number of likely N-dealkylation sites (N-methyl/N-ethyl adjacent to an activating group) is 1. The average Bonchev–Trinajstić information content (AvgIpc) is 2.30. The van der Waals surface area contributed by atoms with Gasteiger partial charge in [-0.05, 0) is 37.4 Å². The quantitative estimate of drug-likeness (QED) is 0.813. The molecule has 1 aromatic rings. The Bertz CT molecular complexity index is 369. The maximum atomic E-state index is 6.09. The lowest BCUT2D eigenvalue weighted by atomic mass is 9.83. The van der Waals surface area contributed by atoms with Gasteiger partial charge in [0.25, 0.3) is 0 Å². The Kier molecular flexibility index (Phi) is 3.53. The summed E-state index contributed by atoms with van der Waals surface area (Å²) in [4.78, 5) is 0. The van der Waals surface area contributed by atoms with Gasteiger partial charge in [0.15, 0.2) is 0 Å². The van der Waals surface area contributed by atoms with Crippen LogP contribution in [0.4, 0.5) is 0 Å². The van der Waals surface area contributed by atoms with Crippen molar-refractivity contribution in [2.24, 2.45) is 0 Å². The lowest BCUT2D eigenvalue weighted by molar-refractivity contribution is -0.0793. The predicted octanol–water partition coefficient (Wildman–Crippen LogP) is 2.47. The molecular weight excluding hydrogens is 222 g/mol. The van der Waals surface area contributed by atoms with Crippen LogP contribution < -0.4 is 5.32 Å². The van der Waals surface area contributed by atoms with Crippen molar-refractivity contribution in [2.45, 2.75) is 37.5 Å². The summed E-state index contributed by atoms with van der Waals surface area (Å²) in [5.74, 6) is 0. The summed E-state index contributed by atoms with van der Waals surface area (Å²) in [7, 11) is 2.03. The molecule has 0 radical (unpaired) electrons. The zero-order valence-corrected chi connectivity index (χ0v) is 10.3. The van der Waals surface area contributed by atoms with E-state index < -0.39 is 0 Å². The van der Waals surface area contributed by atoms with Gasteiger partial charge in [0.05, 0.1) is 12.2 Å². The monoisotopic (exact) mass is 239 g/mol. The maximum absolute atomic E-state index is 6.09. The lowest BCUT2D eigenvalue weighted by Gasteiger charge is -2.41. The summed E-state index contributed by atoms with van der Waals surface area (Å²) in [6, 6.07) is 9.20. The van der Waals surface area contributed by atoms with Gasteiger partial charge >= 0.3 is 0 Å². The van der Waals surface area contributed by atoms with E-state index in [1.54, 1.807) is 0 Å². The van der Waals surface area contributed by atoms with Crippen molar-refractivity contribution in [2.75, 3.05) is 7.05 Å². The smallest absolute Gasteiger partial charge is 0.0984 e. The molecule has 1 saturated heterocycles. The first-order valence-corrected chi connectivity index (χ1v) is 5.79. The average molecular weight is 240 g/mol. The second-order valence-corrected chi connectivity index (χ2v) is 4.55. The van der Waals surface area contributed by atoms with E-state index in [2.05, 4.69) is 29.6 Å². The van der Waals surface area contributed by atoms with Crippen LogP contribution in [0.3, 0.4) is 0 Å². The van der Waals surface area contributed by atoms with Crippen molar-refractivity contribution < 1.29 is 4.74 Å². The zero-order valence-electron chi connectivity index (χ0n) is 9.48. The van der Waals surface area contributed by atoms with Gasteiger partial charge in [0.2, 0.25) is 0 Å². The van der Waals surface area contributed by atoms with E-state index in [4.69, 9.17) is 4.74 Å². The number of ether oxygens (including phenoxy) is 1. The Morgan fingerprint density at radius 2 is 2.06 bits per heavy atom. The summed E-state index contributed by atoms with van der Waals surface area (Å²) in [6.07, 6.45) is 4.26. The van der Waals surface area contributed by atoms with Gasteiger partial charge in [-0.25, -0.2) is 0 Å². The van der Waals surface area contributed by atoms with Gasteiger partial charge in [0.1, 0.15) is 0 Å². The molecule has 3 rings (SSSR count). The lowest BCUT2D eigenvalue weighted by Crippen LogP contribution is -2.44. The molecule has 2 nitrogen and oxygen atoms in total. The van der Waals surface area contributed by atoms with Gasteiger partial charge in [0, 0.05) is 6.04 Å².